The van der Waals surface area contributed by atoms with Crippen LogP contribution in [0.1, 0.15) is 0 Å². The van der Waals surface area contributed by atoms with E-state index >= 15 is 0 Å². The van der Waals surface area contributed by atoms with Crippen molar-refractivity contribution < 1.29 is 0 Å². The van der Waals surface area contributed by atoms with Crippen molar-refractivity contribution >= 4 is 21.8 Å². The van der Waals surface area contributed by atoms with Crippen LogP contribution in [0.15, 0.2) is 152 Å². The van der Waals surface area contributed by atoms with Crippen molar-refractivity contribution in [3.05, 3.63) is 152 Å². The van der Waals surface area contributed by atoms with Gasteiger partial charge in [-0.15, -0.1) is 0 Å². The van der Waals surface area contributed by atoms with Crippen LogP contribution in [-0.4, -0.2) is 24.9 Å². The fourth-order valence-electron chi connectivity index (χ4n) is 5.64. The predicted molar refractivity (Wildman–Crippen MR) is 178 cm³/mol. The van der Waals surface area contributed by atoms with Gasteiger partial charge in [0.2, 0.25) is 0 Å². The summed E-state index contributed by atoms with van der Waals surface area (Å²) in [6, 6.07) is 47.4. The van der Waals surface area contributed by atoms with Gasteiger partial charge in [0.1, 0.15) is 0 Å². The Kier molecular flexibility index (Phi) is 6.39. The highest BCUT2D eigenvalue weighted by Gasteiger charge is 2.14. The molecular formula is C39H25N5. The largest absolute Gasteiger partial charge is 0.256 e. The van der Waals surface area contributed by atoms with Crippen LogP contribution in [0.3, 0.4) is 0 Å². The molecular weight excluding hydrogens is 538 g/mol. The molecule has 3 aromatic heterocycles. The first-order valence-electron chi connectivity index (χ1n) is 14.5. The van der Waals surface area contributed by atoms with Crippen LogP contribution in [-0.2, 0) is 0 Å². The minimum Gasteiger partial charge on any atom is -0.256 e. The van der Waals surface area contributed by atoms with Gasteiger partial charge in [0, 0.05) is 39.9 Å². The Bertz CT molecular complexity index is 2110. The van der Waals surface area contributed by atoms with Gasteiger partial charge in [-0.05, 0) is 46.5 Å². The van der Waals surface area contributed by atoms with Crippen LogP contribution in [0.2, 0.25) is 0 Å². The van der Waals surface area contributed by atoms with Gasteiger partial charge in [-0.25, -0.2) is 15.0 Å². The Morgan fingerprint density at radius 1 is 0.295 bits per heavy atom. The third-order valence-electron chi connectivity index (χ3n) is 7.87. The fourth-order valence-corrected chi connectivity index (χ4v) is 5.64. The molecule has 0 radical (unpaired) electrons. The molecule has 0 N–H and O–H groups in total. The van der Waals surface area contributed by atoms with Crippen molar-refractivity contribution in [1.82, 2.24) is 24.9 Å². The summed E-state index contributed by atoms with van der Waals surface area (Å²) in [6.07, 6.45) is 3.72. The molecule has 0 bridgehead atoms. The molecule has 0 spiro atoms. The summed E-state index contributed by atoms with van der Waals surface area (Å²) in [4.78, 5) is 23.8. The van der Waals surface area contributed by atoms with Gasteiger partial charge in [0.15, 0.2) is 17.5 Å². The molecule has 8 aromatic rings. The summed E-state index contributed by atoms with van der Waals surface area (Å²) in [5.41, 5.74) is 9.26. The molecule has 8 rings (SSSR count). The van der Waals surface area contributed by atoms with Gasteiger partial charge in [-0.3, -0.25) is 9.97 Å². The smallest absolute Gasteiger partial charge is 0.164 e. The number of hydrogen-bond donors (Lipinski definition) is 0. The van der Waals surface area contributed by atoms with Crippen molar-refractivity contribution in [2.45, 2.75) is 0 Å². The first-order chi connectivity index (χ1) is 21.8. The highest BCUT2D eigenvalue weighted by molar-refractivity contribution is 5.95. The average Bonchev–Trinajstić information content (AvgIpc) is 3.11. The molecule has 0 amide bonds. The molecule has 206 valence electrons. The van der Waals surface area contributed by atoms with Crippen LogP contribution in [0.4, 0.5) is 0 Å². The maximum atomic E-state index is 4.96. The van der Waals surface area contributed by atoms with E-state index in [2.05, 4.69) is 82.8 Å². The van der Waals surface area contributed by atoms with Crippen LogP contribution in [0, 0.1) is 0 Å². The molecule has 0 atom stereocenters. The van der Waals surface area contributed by atoms with Gasteiger partial charge < -0.3 is 0 Å². The topological polar surface area (TPSA) is 64.5 Å². The summed E-state index contributed by atoms with van der Waals surface area (Å²) >= 11 is 0. The predicted octanol–water partition coefficient (Wildman–Crippen LogP) is 9.30. The molecule has 0 saturated carbocycles. The highest BCUT2D eigenvalue weighted by atomic mass is 15.0. The Morgan fingerprint density at radius 2 is 0.659 bits per heavy atom. The van der Waals surface area contributed by atoms with Crippen LogP contribution < -0.4 is 0 Å². The summed E-state index contributed by atoms with van der Waals surface area (Å²) in [6.45, 7) is 0. The zero-order valence-corrected chi connectivity index (χ0v) is 23.7. The normalized spacial score (nSPS) is 11.2. The van der Waals surface area contributed by atoms with E-state index in [1.54, 1.807) is 0 Å². The SMILES string of the molecule is c1ccc(-c2nc(-c3ccc(-c4ccnc5ccccc45)cc3)nc(-c3ccc(-c4ccnc5ccccc45)cc3)n2)cc1. The van der Waals surface area contributed by atoms with E-state index in [9.17, 15) is 0 Å². The van der Waals surface area contributed by atoms with E-state index in [1.165, 1.54) is 0 Å². The molecule has 0 fully saturated rings. The number of nitrogens with zero attached hydrogens (tertiary/aromatic N) is 5. The third-order valence-corrected chi connectivity index (χ3v) is 7.87. The Balaban J connectivity index is 1.19. The molecule has 0 aliphatic rings. The van der Waals surface area contributed by atoms with Crippen LogP contribution in [0.5, 0.6) is 0 Å². The van der Waals surface area contributed by atoms with Crippen molar-refractivity contribution in [1.29, 1.82) is 0 Å². The first kappa shape index (κ1) is 25.6. The summed E-state index contributed by atoms with van der Waals surface area (Å²) in [7, 11) is 0. The van der Waals surface area contributed by atoms with Crippen LogP contribution in [0.25, 0.3) is 78.2 Å². The molecule has 3 heterocycles. The minimum absolute atomic E-state index is 0.629. The molecule has 5 nitrogen and oxygen atoms in total. The molecule has 5 heteroatoms. The third kappa shape index (κ3) is 4.76. The maximum absolute atomic E-state index is 4.96. The van der Waals surface area contributed by atoms with Crippen molar-refractivity contribution in [2.75, 3.05) is 0 Å². The van der Waals surface area contributed by atoms with E-state index in [4.69, 9.17) is 15.0 Å². The van der Waals surface area contributed by atoms with Gasteiger partial charge in [-0.1, -0.05) is 115 Å². The lowest BCUT2D eigenvalue weighted by molar-refractivity contribution is 1.07. The number of aromatic nitrogens is 5. The zero-order valence-electron chi connectivity index (χ0n) is 23.7. The molecule has 0 unspecified atom stereocenters. The van der Waals surface area contributed by atoms with Gasteiger partial charge >= 0.3 is 0 Å². The molecule has 0 saturated heterocycles. The van der Waals surface area contributed by atoms with Crippen LogP contribution >= 0.6 is 0 Å². The second kappa shape index (κ2) is 11.0. The Morgan fingerprint density at radius 3 is 1.11 bits per heavy atom. The van der Waals surface area contributed by atoms with Gasteiger partial charge in [-0.2, -0.15) is 0 Å². The second-order valence-electron chi connectivity index (χ2n) is 10.6. The van der Waals surface area contributed by atoms with Gasteiger partial charge in [0.05, 0.1) is 11.0 Å². The monoisotopic (exact) mass is 563 g/mol. The lowest BCUT2D eigenvalue weighted by Gasteiger charge is -2.11. The lowest BCUT2D eigenvalue weighted by atomic mass is 10.00. The number of benzene rings is 5. The maximum Gasteiger partial charge on any atom is 0.164 e. The van der Waals surface area contributed by atoms with E-state index in [-0.39, 0.29) is 0 Å². The molecule has 0 aliphatic carbocycles. The number of rotatable bonds is 5. The summed E-state index contributed by atoms with van der Waals surface area (Å²) in [5.74, 6) is 1.90. The number of para-hydroxylation sites is 2. The molecule has 5 aromatic carbocycles. The second-order valence-corrected chi connectivity index (χ2v) is 10.6. The standard InChI is InChI=1S/C39H25N5/c1-2-8-28(9-3-1)37-42-38(29-18-14-26(15-19-29)31-22-24-40-35-12-6-4-10-33(31)35)44-39(43-37)30-20-16-27(17-21-30)32-23-25-41-36-13-7-5-11-34(32)36/h1-25H. The average molecular weight is 564 g/mol. The number of fused-ring (bicyclic) bond motifs is 2. The number of hydrogen-bond acceptors (Lipinski definition) is 5. The first-order valence-corrected chi connectivity index (χ1v) is 14.5. The number of pyridine rings is 2. The van der Waals surface area contributed by atoms with Gasteiger partial charge in [0.25, 0.3) is 0 Å². The van der Waals surface area contributed by atoms with Crippen molar-refractivity contribution in [3.8, 4) is 56.4 Å². The van der Waals surface area contributed by atoms with Crippen molar-refractivity contribution in [3.63, 3.8) is 0 Å². The summed E-state index contributed by atoms with van der Waals surface area (Å²) < 4.78 is 0. The lowest BCUT2D eigenvalue weighted by Crippen LogP contribution is -2.00. The van der Waals surface area contributed by atoms with E-state index in [0.29, 0.717) is 17.5 Å². The minimum atomic E-state index is 0.629. The molecule has 0 aliphatic heterocycles. The zero-order chi connectivity index (χ0) is 29.3. The Labute approximate surface area is 254 Å². The van der Waals surface area contributed by atoms with E-state index in [0.717, 1.165) is 60.8 Å². The van der Waals surface area contributed by atoms with E-state index < -0.39 is 0 Å². The highest BCUT2D eigenvalue weighted by Crippen LogP contribution is 2.32. The fraction of sp³-hybridized carbons (Fsp3) is 0. The van der Waals surface area contributed by atoms with E-state index in [1.807, 2.05) is 79.1 Å². The summed E-state index contributed by atoms with van der Waals surface area (Å²) in [5, 5.41) is 2.25. The molecule has 44 heavy (non-hydrogen) atoms. The Hall–Kier alpha value is -6.07. The van der Waals surface area contributed by atoms with Crippen molar-refractivity contribution in [2.24, 2.45) is 0 Å². The quantitative estimate of drug-likeness (QED) is 0.209.